The van der Waals surface area contributed by atoms with Crippen LogP contribution in [0.1, 0.15) is 12.8 Å². The van der Waals surface area contributed by atoms with E-state index >= 15 is 0 Å². The highest BCUT2D eigenvalue weighted by Crippen LogP contribution is 2.30. The molecule has 2 heterocycles. The molecule has 0 radical (unpaired) electrons. The lowest BCUT2D eigenvalue weighted by molar-refractivity contribution is -0.145. The van der Waals surface area contributed by atoms with Gasteiger partial charge in [-0.25, -0.2) is 13.2 Å². The molecule has 9 heteroatoms. The summed E-state index contributed by atoms with van der Waals surface area (Å²) < 4.78 is 32.4. The molecule has 0 atom stereocenters. The van der Waals surface area contributed by atoms with Gasteiger partial charge >= 0.3 is 5.97 Å². The number of piperidine rings is 1. The molecule has 0 aliphatic carbocycles. The molecule has 1 N–H and O–H groups in total. The Hall–Kier alpha value is -0.480. The number of ether oxygens (including phenoxy) is 1. The highest BCUT2D eigenvalue weighted by atomic mass is 79.9. The first-order valence-electron chi connectivity index (χ1n) is 5.98. The van der Waals surface area contributed by atoms with E-state index in [2.05, 4.69) is 15.9 Å². The van der Waals surface area contributed by atoms with E-state index in [9.17, 15) is 13.2 Å². The Morgan fingerprint density at radius 3 is 2.60 bits per heavy atom. The molecule has 1 fully saturated rings. The van der Waals surface area contributed by atoms with Crippen molar-refractivity contribution in [1.29, 1.82) is 0 Å². The summed E-state index contributed by atoms with van der Waals surface area (Å²) in [6, 6.07) is 3.29. The molecular formula is C11H14BrNO5S2. The van der Waals surface area contributed by atoms with Gasteiger partial charge in [-0.3, -0.25) is 0 Å². The van der Waals surface area contributed by atoms with Crippen LogP contribution in [0.5, 0.6) is 0 Å². The Kier molecular flexibility index (Phi) is 5.19. The predicted molar refractivity (Wildman–Crippen MR) is 77.4 cm³/mol. The zero-order chi connectivity index (χ0) is 14.8. The predicted octanol–water partition coefficient (Wildman–Crippen LogP) is 1.76. The van der Waals surface area contributed by atoms with Gasteiger partial charge in [0.15, 0.2) is 0 Å². The highest BCUT2D eigenvalue weighted by molar-refractivity contribution is 9.11. The molecule has 0 amide bonds. The molecule has 1 aliphatic rings. The van der Waals surface area contributed by atoms with Gasteiger partial charge in [0.05, 0.1) is 9.89 Å². The smallest absolute Gasteiger partial charge is 0.329 e. The summed E-state index contributed by atoms with van der Waals surface area (Å²) in [4.78, 5) is 10.4. The fourth-order valence-corrected chi connectivity index (χ4v) is 5.63. The van der Waals surface area contributed by atoms with Crippen molar-refractivity contribution in [3.8, 4) is 0 Å². The topological polar surface area (TPSA) is 83.9 Å². The largest absolute Gasteiger partial charge is 0.480 e. The minimum Gasteiger partial charge on any atom is -0.480 e. The van der Waals surface area contributed by atoms with Crippen LogP contribution >= 0.6 is 27.3 Å². The third-order valence-corrected chi connectivity index (χ3v) is 6.98. The van der Waals surface area contributed by atoms with Crippen LogP contribution < -0.4 is 0 Å². The maximum atomic E-state index is 12.4. The maximum Gasteiger partial charge on any atom is 0.329 e. The standard InChI is InChI=1S/C11H14BrNO5S2/c12-9-1-2-11(19-9)20(16,17)13-5-3-8(4-6-13)18-7-10(14)15/h1-2,8H,3-7H2,(H,14,15). The van der Waals surface area contributed by atoms with Gasteiger partial charge in [-0.2, -0.15) is 4.31 Å². The van der Waals surface area contributed by atoms with Crippen LogP contribution in [-0.4, -0.2) is 49.6 Å². The van der Waals surface area contributed by atoms with Crippen LogP contribution in [0.4, 0.5) is 0 Å². The van der Waals surface area contributed by atoms with E-state index in [1.54, 1.807) is 12.1 Å². The van der Waals surface area contributed by atoms with Gasteiger partial charge in [0, 0.05) is 13.1 Å². The summed E-state index contributed by atoms with van der Waals surface area (Å²) >= 11 is 4.43. The summed E-state index contributed by atoms with van der Waals surface area (Å²) in [5.41, 5.74) is 0. The maximum absolute atomic E-state index is 12.4. The van der Waals surface area contributed by atoms with E-state index < -0.39 is 16.0 Å². The van der Waals surface area contributed by atoms with Gasteiger partial charge in [0.1, 0.15) is 10.8 Å². The summed E-state index contributed by atoms with van der Waals surface area (Å²) in [6.07, 6.45) is 0.839. The van der Waals surface area contributed by atoms with E-state index in [1.807, 2.05) is 0 Å². The van der Waals surface area contributed by atoms with Crippen molar-refractivity contribution in [3.05, 3.63) is 15.9 Å². The molecule has 0 bridgehead atoms. The molecule has 1 aromatic heterocycles. The van der Waals surface area contributed by atoms with Gasteiger partial charge < -0.3 is 9.84 Å². The van der Waals surface area contributed by atoms with Gasteiger partial charge in [0.25, 0.3) is 10.0 Å². The Morgan fingerprint density at radius 1 is 1.45 bits per heavy atom. The molecule has 0 aromatic carbocycles. The minimum atomic E-state index is -3.45. The van der Waals surface area contributed by atoms with Gasteiger partial charge in [-0.1, -0.05) is 0 Å². The average molecular weight is 384 g/mol. The van der Waals surface area contributed by atoms with Crippen molar-refractivity contribution in [1.82, 2.24) is 4.31 Å². The summed E-state index contributed by atoms with van der Waals surface area (Å²) in [7, 11) is -3.45. The Labute approximate surface area is 129 Å². The molecule has 1 aliphatic heterocycles. The number of thiophene rings is 1. The first kappa shape index (κ1) is 15.9. The van der Waals surface area contributed by atoms with Crippen LogP contribution in [0.2, 0.25) is 0 Å². The van der Waals surface area contributed by atoms with E-state index in [1.165, 1.54) is 15.6 Å². The Bertz CT molecular complexity index is 577. The number of carboxylic acid groups (broad SMARTS) is 1. The fourth-order valence-electron chi connectivity index (χ4n) is 1.99. The van der Waals surface area contributed by atoms with Crippen molar-refractivity contribution in [3.63, 3.8) is 0 Å². The second kappa shape index (κ2) is 6.52. The molecule has 0 saturated carbocycles. The fraction of sp³-hybridized carbons (Fsp3) is 0.545. The number of sulfonamides is 1. The highest BCUT2D eigenvalue weighted by Gasteiger charge is 2.30. The molecule has 112 valence electrons. The van der Waals surface area contributed by atoms with Crippen molar-refractivity contribution in [2.75, 3.05) is 19.7 Å². The molecule has 1 saturated heterocycles. The van der Waals surface area contributed by atoms with Crippen LogP contribution in [0.15, 0.2) is 20.1 Å². The van der Waals surface area contributed by atoms with E-state index in [4.69, 9.17) is 9.84 Å². The number of carbonyl (C=O) groups is 1. The van der Waals surface area contributed by atoms with Crippen molar-refractivity contribution in [2.45, 2.75) is 23.2 Å². The molecule has 0 spiro atoms. The summed E-state index contributed by atoms with van der Waals surface area (Å²) in [5.74, 6) is -1.01. The molecular weight excluding hydrogens is 370 g/mol. The SMILES string of the molecule is O=C(O)COC1CCN(S(=O)(=O)c2ccc(Br)s2)CC1. The van der Waals surface area contributed by atoms with Gasteiger partial charge in [-0.15, -0.1) is 11.3 Å². The monoisotopic (exact) mass is 383 g/mol. The van der Waals surface area contributed by atoms with Gasteiger partial charge in [0.2, 0.25) is 0 Å². The number of rotatable bonds is 5. The lowest BCUT2D eigenvalue weighted by Crippen LogP contribution is -2.41. The van der Waals surface area contributed by atoms with E-state index in [0.29, 0.717) is 30.1 Å². The normalized spacial score (nSPS) is 18.2. The second-order valence-corrected chi connectivity index (χ2v) is 8.99. The first-order chi connectivity index (χ1) is 9.39. The Morgan fingerprint density at radius 2 is 2.10 bits per heavy atom. The minimum absolute atomic E-state index is 0.187. The first-order valence-corrected chi connectivity index (χ1v) is 9.03. The molecule has 0 unspecified atom stereocenters. The van der Waals surface area contributed by atoms with Crippen LogP contribution in [0.3, 0.4) is 0 Å². The summed E-state index contributed by atoms with van der Waals surface area (Å²) in [6.45, 7) is 0.361. The lowest BCUT2D eigenvalue weighted by atomic mass is 10.1. The molecule has 2 rings (SSSR count). The van der Waals surface area contributed by atoms with Gasteiger partial charge in [-0.05, 0) is 40.9 Å². The third kappa shape index (κ3) is 3.79. The zero-order valence-corrected chi connectivity index (χ0v) is 13.7. The third-order valence-electron chi connectivity index (χ3n) is 2.99. The van der Waals surface area contributed by atoms with Crippen molar-refractivity contribution in [2.24, 2.45) is 0 Å². The molecule has 1 aromatic rings. The summed E-state index contributed by atoms with van der Waals surface area (Å²) in [5, 5.41) is 8.54. The number of carboxylic acids is 1. The van der Waals surface area contributed by atoms with Crippen LogP contribution in [0, 0.1) is 0 Å². The molecule has 20 heavy (non-hydrogen) atoms. The quantitative estimate of drug-likeness (QED) is 0.837. The number of aliphatic carboxylic acids is 1. The van der Waals surface area contributed by atoms with Crippen molar-refractivity contribution < 1.29 is 23.1 Å². The lowest BCUT2D eigenvalue weighted by Gasteiger charge is -2.30. The molecule has 6 nitrogen and oxygen atoms in total. The number of hydrogen-bond acceptors (Lipinski definition) is 5. The second-order valence-electron chi connectivity index (χ2n) is 4.37. The number of nitrogens with zero attached hydrogens (tertiary/aromatic N) is 1. The number of halogens is 1. The average Bonchev–Trinajstić information content (AvgIpc) is 2.84. The van der Waals surface area contributed by atoms with Crippen LogP contribution in [-0.2, 0) is 19.6 Å². The zero-order valence-electron chi connectivity index (χ0n) is 10.5. The van der Waals surface area contributed by atoms with Crippen molar-refractivity contribution >= 4 is 43.3 Å². The van der Waals surface area contributed by atoms with E-state index in [0.717, 1.165) is 3.79 Å². The van der Waals surface area contributed by atoms with E-state index in [-0.39, 0.29) is 12.7 Å². The Balaban J connectivity index is 1.95. The van der Waals surface area contributed by atoms with Crippen LogP contribution in [0.25, 0.3) is 0 Å². The number of hydrogen-bond donors (Lipinski definition) is 1.